The summed E-state index contributed by atoms with van der Waals surface area (Å²) in [6.07, 6.45) is -2.18. The SMILES string of the molecule is N=S1(=O)CCCCNc2nc(ncc2-c2ccc(NC(=O)Nc3cc(C(F)(F)F)ccc3F)c(F)c2)Nc2cccc1c2. The third-order valence-corrected chi connectivity index (χ3v) is 8.36. The Morgan fingerprint density at radius 2 is 1.74 bits per heavy atom. The quantitative estimate of drug-likeness (QED) is 0.152. The molecular formula is C28H24F5N7O2S. The van der Waals surface area contributed by atoms with Gasteiger partial charge in [-0.15, -0.1) is 0 Å². The molecule has 3 aromatic carbocycles. The number of nitrogens with one attached hydrogen (secondary N) is 5. The maximum Gasteiger partial charge on any atom is 0.416 e. The highest BCUT2D eigenvalue weighted by Crippen LogP contribution is 2.33. The molecule has 1 atom stereocenters. The van der Waals surface area contributed by atoms with Crippen molar-refractivity contribution in [3.63, 3.8) is 0 Å². The number of anilines is 5. The summed E-state index contributed by atoms with van der Waals surface area (Å²) < 4.78 is 89.2. The van der Waals surface area contributed by atoms with E-state index in [1.165, 1.54) is 18.3 Å². The van der Waals surface area contributed by atoms with Crippen LogP contribution in [-0.4, -0.2) is 32.5 Å². The highest BCUT2D eigenvalue weighted by Gasteiger charge is 2.31. The smallest absolute Gasteiger partial charge is 0.369 e. The summed E-state index contributed by atoms with van der Waals surface area (Å²) >= 11 is 0. The van der Waals surface area contributed by atoms with E-state index in [1.807, 2.05) is 5.32 Å². The lowest BCUT2D eigenvalue weighted by Crippen LogP contribution is -2.21. The van der Waals surface area contributed by atoms with Gasteiger partial charge in [0.15, 0.2) is 0 Å². The van der Waals surface area contributed by atoms with Crippen molar-refractivity contribution in [2.24, 2.45) is 0 Å². The Balaban J connectivity index is 1.36. The summed E-state index contributed by atoms with van der Waals surface area (Å²) in [5, 5.41) is 10.3. The predicted molar refractivity (Wildman–Crippen MR) is 153 cm³/mol. The van der Waals surface area contributed by atoms with E-state index < -0.39 is 44.8 Å². The van der Waals surface area contributed by atoms with Gasteiger partial charge < -0.3 is 21.3 Å². The zero-order valence-corrected chi connectivity index (χ0v) is 23.0. The molecular weight excluding hydrogens is 593 g/mol. The Hall–Kier alpha value is -4.79. The van der Waals surface area contributed by atoms with E-state index in [-0.39, 0.29) is 17.4 Å². The van der Waals surface area contributed by atoms with E-state index in [9.17, 15) is 26.6 Å². The largest absolute Gasteiger partial charge is 0.416 e. The van der Waals surface area contributed by atoms with Gasteiger partial charge in [0.25, 0.3) is 0 Å². The first-order valence-electron chi connectivity index (χ1n) is 12.9. The van der Waals surface area contributed by atoms with E-state index in [4.69, 9.17) is 4.78 Å². The molecule has 2 amide bonds. The number of alkyl halides is 3. The Morgan fingerprint density at radius 1 is 0.953 bits per heavy atom. The molecule has 2 heterocycles. The van der Waals surface area contributed by atoms with Gasteiger partial charge in [-0.3, -0.25) is 0 Å². The molecule has 43 heavy (non-hydrogen) atoms. The van der Waals surface area contributed by atoms with Crippen LogP contribution >= 0.6 is 0 Å². The molecule has 0 saturated heterocycles. The van der Waals surface area contributed by atoms with Crippen molar-refractivity contribution in [1.82, 2.24) is 9.97 Å². The summed E-state index contributed by atoms with van der Waals surface area (Å²) in [4.78, 5) is 21.6. The molecule has 0 aliphatic carbocycles. The third kappa shape index (κ3) is 6.99. The molecule has 224 valence electrons. The molecule has 1 aromatic heterocycles. The molecule has 0 saturated carbocycles. The molecule has 0 radical (unpaired) electrons. The van der Waals surface area contributed by atoms with Crippen LogP contribution in [0.1, 0.15) is 18.4 Å². The Bertz CT molecular complexity index is 1800. The van der Waals surface area contributed by atoms with Gasteiger partial charge in [-0.1, -0.05) is 12.1 Å². The second kappa shape index (κ2) is 11.8. The van der Waals surface area contributed by atoms with Crippen molar-refractivity contribution in [3.8, 4) is 11.1 Å². The number of urea groups is 1. The monoisotopic (exact) mass is 617 g/mol. The van der Waals surface area contributed by atoms with Crippen molar-refractivity contribution >= 4 is 44.6 Å². The summed E-state index contributed by atoms with van der Waals surface area (Å²) in [7, 11) is -2.98. The molecule has 4 aromatic rings. The third-order valence-electron chi connectivity index (χ3n) is 6.48. The maximum atomic E-state index is 15.1. The van der Waals surface area contributed by atoms with E-state index >= 15 is 4.39 Å². The van der Waals surface area contributed by atoms with Crippen LogP contribution in [0.5, 0.6) is 0 Å². The summed E-state index contributed by atoms with van der Waals surface area (Å²) in [5.74, 6) is -1.21. The number of hydrogen-bond acceptors (Lipinski definition) is 7. The Morgan fingerprint density at radius 3 is 2.51 bits per heavy atom. The normalized spacial score (nSPS) is 16.9. The Kier molecular flexibility index (Phi) is 8.17. The molecule has 1 unspecified atom stereocenters. The van der Waals surface area contributed by atoms with Crippen molar-refractivity contribution in [2.75, 3.05) is 33.6 Å². The van der Waals surface area contributed by atoms with Crippen molar-refractivity contribution in [2.45, 2.75) is 23.9 Å². The lowest BCUT2D eigenvalue weighted by Gasteiger charge is -2.14. The fourth-order valence-corrected chi connectivity index (χ4v) is 5.77. The van der Waals surface area contributed by atoms with E-state index in [2.05, 4.69) is 25.9 Å². The van der Waals surface area contributed by atoms with Crippen LogP contribution in [0.2, 0.25) is 0 Å². The van der Waals surface area contributed by atoms with E-state index in [0.29, 0.717) is 65.1 Å². The lowest BCUT2D eigenvalue weighted by atomic mass is 10.1. The van der Waals surface area contributed by atoms with E-state index in [1.54, 1.807) is 24.3 Å². The molecule has 5 N–H and O–H groups in total. The van der Waals surface area contributed by atoms with Crippen LogP contribution in [0, 0.1) is 16.4 Å². The topological polar surface area (TPSA) is 132 Å². The highest BCUT2D eigenvalue weighted by molar-refractivity contribution is 7.92. The molecule has 0 fully saturated rings. The number of halogens is 5. The first-order valence-corrected chi connectivity index (χ1v) is 14.6. The van der Waals surface area contributed by atoms with Crippen LogP contribution in [0.3, 0.4) is 0 Å². The average Bonchev–Trinajstić information content (AvgIpc) is 2.95. The molecule has 4 bridgehead atoms. The van der Waals surface area contributed by atoms with Gasteiger partial charge in [-0.05, 0) is 66.9 Å². The van der Waals surface area contributed by atoms with Gasteiger partial charge in [-0.25, -0.2) is 27.5 Å². The van der Waals surface area contributed by atoms with Gasteiger partial charge in [-0.2, -0.15) is 18.2 Å². The van der Waals surface area contributed by atoms with E-state index in [0.717, 1.165) is 6.07 Å². The number of amides is 2. The van der Waals surface area contributed by atoms with Gasteiger partial charge >= 0.3 is 12.2 Å². The van der Waals surface area contributed by atoms with Gasteiger partial charge in [0.05, 0.1) is 26.7 Å². The number of carbonyl (C=O) groups excluding carboxylic acids is 1. The number of fused-ring (bicyclic) bond motifs is 4. The summed E-state index contributed by atoms with van der Waals surface area (Å²) in [6.45, 7) is 0.422. The standard InChI is InChI=1S/C28H24F5N7O2S/c29-21-8-7-17(28(31,32)33)13-24(21)39-27(41)38-23-9-6-16(12-22(23)30)20-15-36-26-37-18-4-3-5-19(14-18)43(34,42)11-2-1-10-35-25(20)40-26/h3-9,12-15,34H,1-2,10-11H2,(H2,38,39,41)(H2,35,36,37,40). The predicted octanol–water partition coefficient (Wildman–Crippen LogP) is 7.44. The fourth-order valence-electron chi connectivity index (χ4n) is 4.31. The van der Waals surface area contributed by atoms with Crippen LogP contribution < -0.4 is 21.3 Å². The molecule has 1 aliphatic heterocycles. The minimum absolute atomic E-state index is 0.182. The van der Waals surface area contributed by atoms with Crippen molar-refractivity contribution in [1.29, 1.82) is 4.78 Å². The highest BCUT2D eigenvalue weighted by atomic mass is 32.2. The number of rotatable bonds is 3. The number of benzene rings is 3. The van der Waals surface area contributed by atoms with Crippen LogP contribution in [0.4, 0.5) is 55.6 Å². The second-order valence-electron chi connectivity index (χ2n) is 9.59. The van der Waals surface area contributed by atoms with Crippen LogP contribution in [-0.2, 0) is 15.9 Å². The van der Waals surface area contributed by atoms with Gasteiger partial charge in [0.1, 0.15) is 17.5 Å². The first kappa shape index (κ1) is 29.7. The number of hydrogen-bond donors (Lipinski definition) is 5. The molecule has 15 heteroatoms. The Labute approximate surface area is 242 Å². The second-order valence-corrected chi connectivity index (χ2v) is 11.8. The number of nitrogens with zero attached hydrogens (tertiary/aromatic N) is 2. The minimum Gasteiger partial charge on any atom is -0.369 e. The van der Waals surface area contributed by atoms with Crippen molar-refractivity contribution in [3.05, 3.63) is 84.1 Å². The van der Waals surface area contributed by atoms with Crippen molar-refractivity contribution < 1.29 is 31.0 Å². The molecule has 1 aliphatic rings. The summed E-state index contributed by atoms with van der Waals surface area (Å²) in [6, 6.07) is 10.9. The maximum absolute atomic E-state index is 15.1. The average molecular weight is 618 g/mol. The lowest BCUT2D eigenvalue weighted by molar-refractivity contribution is -0.137. The van der Waals surface area contributed by atoms with Crippen LogP contribution in [0.15, 0.2) is 71.8 Å². The zero-order chi connectivity index (χ0) is 30.8. The molecule has 5 rings (SSSR count). The first-order chi connectivity index (χ1) is 20.4. The minimum atomic E-state index is -4.75. The van der Waals surface area contributed by atoms with Gasteiger partial charge in [0.2, 0.25) is 5.95 Å². The number of aromatic nitrogens is 2. The fraction of sp³-hybridized carbons (Fsp3) is 0.179. The van der Waals surface area contributed by atoms with Gasteiger partial charge in [0, 0.05) is 34.6 Å². The summed E-state index contributed by atoms with van der Waals surface area (Å²) in [5.41, 5.74) is -0.871. The zero-order valence-electron chi connectivity index (χ0n) is 22.2. The molecule has 0 spiro atoms. The number of carbonyl (C=O) groups is 1. The van der Waals surface area contributed by atoms with Crippen LogP contribution in [0.25, 0.3) is 11.1 Å². The molecule has 9 nitrogen and oxygen atoms in total.